The lowest BCUT2D eigenvalue weighted by Gasteiger charge is -2.19. The van der Waals surface area contributed by atoms with Crippen LogP contribution in [0.15, 0.2) is 6.20 Å². The van der Waals surface area contributed by atoms with Crippen LogP contribution in [0.5, 0.6) is 0 Å². The van der Waals surface area contributed by atoms with E-state index in [1.54, 1.807) is 0 Å². The van der Waals surface area contributed by atoms with Crippen LogP contribution in [-0.2, 0) is 12.8 Å². The maximum absolute atomic E-state index is 9.47. The summed E-state index contributed by atoms with van der Waals surface area (Å²) in [5.74, 6) is 0. The van der Waals surface area contributed by atoms with Crippen LogP contribution in [0.3, 0.4) is 0 Å². The van der Waals surface area contributed by atoms with Gasteiger partial charge in [-0.25, -0.2) is 0 Å². The van der Waals surface area contributed by atoms with E-state index in [2.05, 4.69) is 23.6 Å². The van der Waals surface area contributed by atoms with Gasteiger partial charge in [0.2, 0.25) is 0 Å². The summed E-state index contributed by atoms with van der Waals surface area (Å²) in [5.41, 5.74) is 2.55. The lowest BCUT2D eigenvalue weighted by Crippen LogP contribution is -2.20. The molecule has 0 fully saturated rings. The molecule has 1 heterocycles. The molecule has 1 atom stereocenters. The van der Waals surface area contributed by atoms with E-state index in [1.807, 2.05) is 6.20 Å². The summed E-state index contributed by atoms with van der Waals surface area (Å²) >= 11 is 0. The Balaban J connectivity index is 2.33. The Morgan fingerprint density at radius 1 is 1.62 bits per heavy atom. The first-order valence-electron chi connectivity index (χ1n) is 4.92. The van der Waals surface area contributed by atoms with Crippen molar-refractivity contribution in [3.8, 4) is 0 Å². The SMILES string of the molecule is CC(C)n1ncc2c1CC[C@H](O)C2. The van der Waals surface area contributed by atoms with Crippen molar-refractivity contribution in [3.05, 3.63) is 17.5 Å². The fourth-order valence-corrected chi connectivity index (χ4v) is 1.97. The van der Waals surface area contributed by atoms with E-state index in [4.69, 9.17) is 0 Å². The van der Waals surface area contributed by atoms with Crippen molar-refractivity contribution in [1.82, 2.24) is 9.78 Å². The first-order chi connectivity index (χ1) is 6.18. The van der Waals surface area contributed by atoms with Gasteiger partial charge in [0, 0.05) is 18.2 Å². The average molecular weight is 180 g/mol. The summed E-state index contributed by atoms with van der Waals surface area (Å²) in [6.45, 7) is 4.27. The van der Waals surface area contributed by atoms with Gasteiger partial charge in [0.05, 0.1) is 12.3 Å². The Morgan fingerprint density at radius 3 is 3.08 bits per heavy atom. The van der Waals surface area contributed by atoms with Gasteiger partial charge in [0.1, 0.15) is 0 Å². The predicted octanol–water partition coefficient (Wildman–Crippen LogP) is 1.31. The summed E-state index contributed by atoms with van der Waals surface area (Å²) in [4.78, 5) is 0. The topological polar surface area (TPSA) is 38.0 Å². The standard InChI is InChI=1S/C10H16N2O/c1-7(2)12-10-4-3-9(13)5-8(10)6-11-12/h6-7,9,13H,3-5H2,1-2H3/t9-/m0/s1. The maximum Gasteiger partial charge on any atom is 0.0585 e. The number of hydrogen-bond acceptors (Lipinski definition) is 2. The molecule has 1 aromatic heterocycles. The molecule has 0 bridgehead atoms. The Bertz CT molecular complexity index is 304. The predicted molar refractivity (Wildman–Crippen MR) is 50.6 cm³/mol. The van der Waals surface area contributed by atoms with Crippen molar-refractivity contribution in [2.45, 2.75) is 45.3 Å². The molecule has 0 aromatic carbocycles. The van der Waals surface area contributed by atoms with Crippen molar-refractivity contribution < 1.29 is 5.11 Å². The molecular formula is C10H16N2O. The molecule has 0 unspecified atom stereocenters. The zero-order chi connectivity index (χ0) is 9.42. The molecule has 3 nitrogen and oxygen atoms in total. The molecule has 2 rings (SSSR count). The minimum atomic E-state index is -0.155. The van der Waals surface area contributed by atoms with Crippen LogP contribution >= 0.6 is 0 Å². The van der Waals surface area contributed by atoms with Crippen LogP contribution in [0.1, 0.15) is 37.6 Å². The third kappa shape index (κ3) is 1.48. The van der Waals surface area contributed by atoms with E-state index in [1.165, 1.54) is 11.3 Å². The van der Waals surface area contributed by atoms with Gasteiger partial charge in [-0.2, -0.15) is 5.10 Å². The number of hydrogen-bond donors (Lipinski definition) is 1. The van der Waals surface area contributed by atoms with E-state index >= 15 is 0 Å². The van der Waals surface area contributed by atoms with Gasteiger partial charge in [-0.1, -0.05) is 0 Å². The molecule has 13 heavy (non-hydrogen) atoms. The number of rotatable bonds is 1. The van der Waals surface area contributed by atoms with Crippen LogP contribution in [0.2, 0.25) is 0 Å². The molecule has 1 aromatic rings. The average Bonchev–Trinajstić information content (AvgIpc) is 2.46. The normalized spacial score (nSPS) is 22.0. The monoisotopic (exact) mass is 180 g/mol. The number of nitrogens with zero attached hydrogens (tertiary/aromatic N) is 2. The second-order valence-corrected chi connectivity index (χ2v) is 4.05. The van der Waals surface area contributed by atoms with Crippen molar-refractivity contribution in [3.63, 3.8) is 0 Å². The minimum absolute atomic E-state index is 0.155. The van der Waals surface area contributed by atoms with Gasteiger partial charge in [-0.3, -0.25) is 4.68 Å². The Morgan fingerprint density at radius 2 is 2.38 bits per heavy atom. The zero-order valence-corrected chi connectivity index (χ0v) is 8.20. The molecule has 1 aliphatic rings. The van der Waals surface area contributed by atoms with Crippen molar-refractivity contribution in [2.24, 2.45) is 0 Å². The summed E-state index contributed by atoms with van der Waals surface area (Å²) in [7, 11) is 0. The molecule has 0 saturated carbocycles. The van der Waals surface area contributed by atoms with E-state index < -0.39 is 0 Å². The van der Waals surface area contributed by atoms with Crippen molar-refractivity contribution >= 4 is 0 Å². The Kier molecular flexibility index (Phi) is 2.12. The third-order valence-electron chi connectivity index (χ3n) is 2.64. The number of aromatic nitrogens is 2. The molecule has 3 heteroatoms. The van der Waals surface area contributed by atoms with E-state index in [0.717, 1.165) is 19.3 Å². The largest absolute Gasteiger partial charge is 0.393 e. The van der Waals surface area contributed by atoms with Crippen LogP contribution in [0.4, 0.5) is 0 Å². The fraction of sp³-hybridized carbons (Fsp3) is 0.700. The second kappa shape index (κ2) is 3.14. The molecule has 0 aliphatic heterocycles. The Hall–Kier alpha value is -0.830. The molecule has 0 radical (unpaired) electrons. The van der Waals surface area contributed by atoms with Crippen molar-refractivity contribution in [2.75, 3.05) is 0 Å². The molecule has 1 aliphatic carbocycles. The summed E-state index contributed by atoms with van der Waals surface area (Å²) in [6, 6.07) is 0.430. The van der Waals surface area contributed by atoms with Crippen LogP contribution in [0.25, 0.3) is 0 Å². The number of aliphatic hydroxyl groups is 1. The molecular weight excluding hydrogens is 164 g/mol. The highest BCUT2D eigenvalue weighted by Crippen LogP contribution is 2.23. The van der Waals surface area contributed by atoms with Crippen LogP contribution in [0, 0.1) is 0 Å². The van der Waals surface area contributed by atoms with Gasteiger partial charge in [-0.05, 0) is 32.3 Å². The highest BCUT2D eigenvalue weighted by Gasteiger charge is 2.21. The third-order valence-corrected chi connectivity index (χ3v) is 2.64. The second-order valence-electron chi connectivity index (χ2n) is 4.05. The minimum Gasteiger partial charge on any atom is -0.393 e. The number of aliphatic hydroxyl groups excluding tert-OH is 1. The zero-order valence-electron chi connectivity index (χ0n) is 8.20. The maximum atomic E-state index is 9.47. The van der Waals surface area contributed by atoms with Gasteiger partial charge in [0.25, 0.3) is 0 Å². The lowest BCUT2D eigenvalue weighted by atomic mass is 9.95. The van der Waals surface area contributed by atoms with Gasteiger partial charge < -0.3 is 5.11 Å². The molecule has 1 N–H and O–H groups in total. The summed E-state index contributed by atoms with van der Waals surface area (Å²) < 4.78 is 2.07. The van der Waals surface area contributed by atoms with Crippen LogP contribution < -0.4 is 0 Å². The fourth-order valence-electron chi connectivity index (χ4n) is 1.97. The highest BCUT2D eigenvalue weighted by molar-refractivity contribution is 5.22. The van der Waals surface area contributed by atoms with E-state index in [0.29, 0.717) is 6.04 Å². The molecule has 0 amide bonds. The molecule has 0 spiro atoms. The molecule has 0 saturated heterocycles. The summed E-state index contributed by atoms with van der Waals surface area (Å²) in [6.07, 6.45) is 4.37. The van der Waals surface area contributed by atoms with E-state index in [-0.39, 0.29) is 6.10 Å². The van der Waals surface area contributed by atoms with Gasteiger partial charge in [-0.15, -0.1) is 0 Å². The molecule has 72 valence electrons. The quantitative estimate of drug-likeness (QED) is 0.707. The first kappa shape index (κ1) is 8.75. The smallest absolute Gasteiger partial charge is 0.0585 e. The summed E-state index contributed by atoms with van der Waals surface area (Å²) in [5, 5.41) is 13.8. The first-order valence-corrected chi connectivity index (χ1v) is 4.92. The highest BCUT2D eigenvalue weighted by atomic mass is 16.3. The lowest BCUT2D eigenvalue weighted by molar-refractivity contribution is 0.157. The van der Waals surface area contributed by atoms with Crippen LogP contribution in [-0.4, -0.2) is 21.0 Å². The van der Waals surface area contributed by atoms with E-state index in [9.17, 15) is 5.11 Å². The Labute approximate surface area is 78.4 Å². The van der Waals surface area contributed by atoms with Gasteiger partial charge in [0.15, 0.2) is 0 Å². The van der Waals surface area contributed by atoms with Crippen molar-refractivity contribution in [1.29, 1.82) is 0 Å². The van der Waals surface area contributed by atoms with Gasteiger partial charge >= 0.3 is 0 Å². The number of fused-ring (bicyclic) bond motifs is 1.